The molecule has 1 aromatic carbocycles. The molecule has 63 heavy (non-hydrogen) atoms. The number of rotatable bonds is 13. The number of nitrogens with zero attached hydrogens (tertiary/aromatic N) is 3. The van der Waals surface area contributed by atoms with E-state index in [9.17, 15) is 59.4 Å². The molecule has 0 saturated carbocycles. The van der Waals surface area contributed by atoms with E-state index in [1.165, 1.54) is 21.6 Å². The molecule has 7 atom stereocenters. The number of phenols is 1. The van der Waals surface area contributed by atoms with Gasteiger partial charge in [-0.05, 0) is 72.2 Å². The van der Waals surface area contributed by atoms with E-state index in [-0.39, 0.29) is 64.9 Å². The van der Waals surface area contributed by atoms with Crippen molar-refractivity contribution in [3.63, 3.8) is 0 Å². The molecular weight excluding hydrogens is 845 g/mol. The van der Waals surface area contributed by atoms with Crippen molar-refractivity contribution in [3.05, 3.63) is 50.5 Å². The molecule has 0 radical (unpaired) electrons. The van der Waals surface area contributed by atoms with Gasteiger partial charge in [-0.15, -0.1) is 11.8 Å². The quantitative estimate of drug-likeness (QED) is 0.0297. The van der Waals surface area contributed by atoms with Crippen molar-refractivity contribution < 1.29 is 64.9 Å². The third-order valence-corrected chi connectivity index (χ3v) is 12.9. The van der Waals surface area contributed by atoms with Crippen LogP contribution in [0.4, 0.5) is 11.4 Å². The van der Waals surface area contributed by atoms with Crippen LogP contribution in [0.3, 0.4) is 0 Å². The van der Waals surface area contributed by atoms with Gasteiger partial charge in [-0.1, -0.05) is 0 Å². The zero-order chi connectivity index (χ0) is 46.5. The van der Waals surface area contributed by atoms with Gasteiger partial charge in [-0.3, -0.25) is 34.3 Å². The Bertz CT molecular complexity index is 2200. The molecule has 2 aliphatic heterocycles. The number of likely N-dealkylation sites (N-methyl/N-ethyl adjacent to an activating group) is 1. The van der Waals surface area contributed by atoms with E-state index >= 15 is 0 Å². The molecular formula is C41H58N8O13S. The largest absolute Gasteiger partial charge is 0.510 e. The molecule has 0 spiro atoms. The molecule has 0 bridgehead atoms. The molecule has 3 aliphatic carbocycles. The number of aliphatic hydroxyl groups is 4. The highest BCUT2D eigenvalue weighted by Gasteiger charge is 2.63. The van der Waals surface area contributed by atoms with E-state index in [4.69, 9.17) is 11.1 Å². The summed E-state index contributed by atoms with van der Waals surface area (Å²) in [6, 6.07) is 0.258. The van der Waals surface area contributed by atoms with Gasteiger partial charge in [0, 0.05) is 60.4 Å². The molecule has 0 aromatic heterocycles. The number of allylic oxidation sites excluding steroid dienone is 1. The number of benzene rings is 1. The van der Waals surface area contributed by atoms with Crippen molar-refractivity contribution in [1.29, 1.82) is 5.41 Å². The number of hydrogen-bond acceptors (Lipinski definition) is 16. The van der Waals surface area contributed by atoms with Crippen LogP contribution in [-0.2, 0) is 30.4 Å². The molecule has 2 heterocycles. The Morgan fingerprint density at radius 2 is 1.75 bits per heavy atom. The van der Waals surface area contributed by atoms with E-state index in [2.05, 4.69) is 16.0 Å². The molecule has 3 amide bonds. The zero-order valence-electron chi connectivity index (χ0n) is 36.3. The van der Waals surface area contributed by atoms with Gasteiger partial charge in [0.25, 0.3) is 5.91 Å². The highest BCUT2D eigenvalue weighted by molar-refractivity contribution is 8.03. The molecule has 14 N–H and O–H groups in total. The van der Waals surface area contributed by atoms with Gasteiger partial charge in [0.05, 0.1) is 48.2 Å². The number of carboxylic acid groups (broad SMARTS) is 1. The standard InChI is InChI=1S/C29H39N5O8.C12H17N3O4S.H2O/c1-28(2,3)31-11-17(35)32-15-10-16(33(4)5)13-8-12-9-14-21(34(6)7)24(38)20(27(30)41)26(40)29(14,42)25(39)18(12)23(37)19(13)22(15)36;1-6(16)9-7-4-8(20-3-2-14-5-13)10(12(18)19)15(7)11(9)17;/h10,12,14,21,31,36,38-39,42H,8-9,11H2,1-7H3,(H2,30,41)(H,32,35);5-7,9,16H,2-4H2,1H3,(H2,13,14)(H,18,19);1H2/t12-,14-,21-,29-;6-,7-,9-;/m01./s1. The number of hydrogen-bond donors (Lipinski definition) is 11. The van der Waals surface area contributed by atoms with Crippen LogP contribution < -0.4 is 26.6 Å². The van der Waals surface area contributed by atoms with Crippen molar-refractivity contribution in [1.82, 2.24) is 20.4 Å². The number of nitrogens with two attached hydrogens (primary N) is 1. The average molecular weight is 903 g/mol. The van der Waals surface area contributed by atoms with Gasteiger partial charge in [-0.25, -0.2) is 4.79 Å². The van der Waals surface area contributed by atoms with Gasteiger partial charge in [0.2, 0.25) is 17.6 Å². The number of amides is 3. The summed E-state index contributed by atoms with van der Waals surface area (Å²) in [5, 5.41) is 79.5. The molecule has 1 saturated heterocycles. The summed E-state index contributed by atoms with van der Waals surface area (Å²) in [7, 11) is 6.62. The minimum Gasteiger partial charge on any atom is -0.510 e. The lowest BCUT2D eigenvalue weighted by Crippen LogP contribution is -2.63. The summed E-state index contributed by atoms with van der Waals surface area (Å²) in [5.41, 5.74) is 2.01. The number of carbonyl (C=O) groups excluding carboxylic acids is 5. The second kappa shape index (κ2) is 18.7. The maximum absolute atomic E-state index is 14.1. The predicted molar refractivity (Wildman–Crippen MR) is 232 cm³/mol. The normalized spacial score (nSPS) is 25.4. The number of anilines is 2. The zero-order valence-corrected chi connectivity index (χ0v) is 37.1. The maximum Gasteiger partial charge on any atom is 0.353 e. The number of phenolic OH excluding ortho intramolecular Hbond substituents is 1. The second-order valence-electron chi connectivity index (χ2n) is 17.4. The fraction of sp³-hybridized carbons (Fsp3) is 0.537. The Morgan fingerprint density at radius 1 is 1.11 bits per heavy atom. The Hall–Kier alpha value is -5.52. The number of Topliss-reactive ketones (excluding diaryl/α,β-unsaturated/α-hetero) is 2. The first-order valence-electron chi connectivity index (χ1n) is 19.9. The Balaban J connectivity index is 0.000000347. The number of carboxylic acids is 1. The number of aromatic hydroxyl groups is 1. The number of thioether (sulfide) groups is 1. The Kier molecular flexibility index (Phi) is 14.9. The molecule has 1 fully saturated rings. The number of nitrogens with one attached hydrogen (secondary N) is 4. The first-order valence-corrected chi connectivity index (χ1v) is 20.9. The first kappa shape index (κ1) is 50.1. The van der Waals surface area contributed by atoms with Crippen LogP contribution in [0, 0.1) is 23.2 Å². The van der Waals surface area contributed by atoms with Crippen molar-refractivity contribution in [2.75, 3.05) is 57.2 Å². The summed E-state index contributed by atoms with van der Waals surface area (Å²) in [6.45, 7) is 7.72. The number of ketones is 2. The summed E-state index contributed by atoms with van der Waals surface area (Å²) in [6.07, 6.45) is 0.925. The third-order valence-electron chi connectivity index (χ3n) is 11.7. The van der Waals surface area contributed by atoms with Crippen molar-refractivity contribution in [3.8, 4) is 5.75 Å². The van der Waals surface area contributed by atoms with Crippen molar-refractivity contribution in [2.24, 2.45) is 23.5 Å². The smallest absolute Gasteiger partial charge is 0.353 e. The van der Waals surface area contributed by atoms with Crippen LogP contribution in [-0.4, -0.2) is 164 Å². The minimum absolute atomic E-state index is 0. The molecule has 346 valence electrons. The number of carbonyl (C=O) groups is 6. The van der Waals surface area contributed by atoms with E-state index in [1.54, 1.807) is 46.1 Å². The number of β-lactam (4-membered cyclic amide) rings is 1. The Morgan fingerprint density at radius 3 is 2.27 bits per heavy atom. The molecule has 21 nitrogen and oxygen atoms in total. The minimum atomic E-state index is -2.73. The highest BCUT2D eigenvalue weighted by atomic mass is 32.2. The average Bonchev–Trinajstić information content (AvgIpc) is 3.48. The summed E-state index contributed by atoms with van der Waals surface area (Å²) >= 11 is 1.38. The first-order chi connectivity index (χ1) is 28.8. The monoisotopic (exact) mass is 902 g/mol. The lowest BCUT2D eigenvalue weighted by Gasteiger charge is -2.50. The summed E-state index contributed by atoms with van der Waals surface area (Å²) in [4.78, 5) is 80.8. The number of fused-ring (bicyclic) bond motifs is 4. The highest BCUT2D eigenvalue weighted by Crippen LogP contribution is 2.54. The fourth-order valence-electron chi connectivity index (χ4n) is 9.00. The van der Waals surface area contributed by atoms with Crippen LogP contribution in [0.5, 0.6) is 5.75 Å². The van der Waals surface area contributed by atoms with Gasteiger partial charge in [0.15, 0.2) is 17.1 Å². The summed E-state index contributed by atoms with van der Waals surface area (Å²) in [5.74, 6) is -9.08. The molecule has 5 aliphatic rings. The number of primary amides is 1. The fourth-order valence-corrected chi connectivity index (χ4v) is 10.1. The topological polar surface area (TPSA) is 351 Å². The number of aliphatic hydroxyl groups excluding tert-OH is 3. The second-order valence-corrected chi connectivity index (χ2v) is 18.6. The SMILES string of the molecule is CN(C)c1cc(NC(=O)CNC(C)(C)C)c(O)c2c1C[C@H]1C[C@H]3[C@H](N(C)C)C(O)=C(C(N)=O)C(=O)[C@@]3(O)C(O)=C1C2=O.C[C@@H](O)[C@H]1C(=O)N2C(C(=O)O)=C(SCCNC=N)C[C@H]12.O. The van der Waals surface area contributed by atoms with Gasteiger partial charge < -0.3 is 67.6 Å². The molecule has 6 rings (SSSR count). The predicted octanol–water partition coefficient (Wildman–Crippen LogP) is -0.488. The molecule has 22 heteroatoms. The third kappa shape index (κ3) is 9.00. The van der Waals surface area contributed by atoms with Gasteiger partial charge >= 0.3 is 5.97 Å². The number of aliphatic carboxylic acids is 1. The molecule has 1 aromatic rings. The van der Waals surface area contributed by atoms with E-state index in [0.29, 0.717) is 34.9 Å². The van der Waals surface area contributed by atoms with Crippen LogP contribution in [0.25, 0.3) is 0 Å². The summed E-state index contributed by atoms with van der Waals surface area (Å²) < 4.78 is 0. The lowest BCUT2D eigenvalue weighted by atomic mass is 9.58. The van der Waals surface area contributed by atoms with E-state index < -0.39 is 87.7 Å². The Labute approximate surface area is 367 Å². The lowest BCUT2D eigenvalue weighted by molar-refractivity contribution is -0.161. The van der Waals surface area contributed by atoms with Crippen LogP contribution in [0.2, 0.25) is 0 Å². The van der Waals surface area contributed by atoms with E-state index in [1.807, 2.05) is 20.8 Å². The molecule has 0 unspecified atom stereocenters. The van der Waals surface area contributed by atoms with E-state index in [0.717, 1.165) is 6.34 Å². The van der Waals surface area contributed by atoms with Crippen LogP contribution in [0.1, 0.15) is 56.5 Å². The van der Waals surface area contributed by atoms with Crippen LogP contribution >= 0.6 is 11.8 Å². The maximum atomic E-state index is 14.1. The van der Waals surface area contributed by atoms with Crippen LogP contribution in [0.15, 0.2) is 39.3 Å². The van der Waals surface area contributed by atoms with Crippen molar-refractivity contribution in [2.45, 2.75) is 76.3 Å². The van der Waals surface area contributed by atoms with Crippen molar-refractivity contribution >= 4 is 64.7 Å². The van der Waals surface area contributed by atoms with Gasteiger partial charge in [0.1, 0.15) is 22.8 Å². The van der Waals surface area contributed by atoms with Gasteiger partial charge in [-0.2, -0.15) is 0 Å².